The van der Waals surface area contributed by atoms with Crippen molar-refractivity contribution in [1.82, 2.24) is 5.32 Å². The van der Waals surface area contributed by atoms with Crippen molar-refractivity contribution in [3.8, 4) is 0 Å². The van der Waals surface area contributed by atoms with Gasteiger partial charge < -0.3 is 11.1 Å². The molecule has 0 radical (unpaired) electrons. The summed E-state index contributed by atoms with van der Waals surface area (Å²) in [4.78, 5) is 0. The SMILES string of the molecule is C=CCCNC(CN)c1cc(F)c(F)c(F)c1. The fourth-order valence-corrected chi connectivity index (χ4v) is 1.47. The summed E-state index contributed by atoms with van der Waals surface area (Å²) < 4.78 is 38.8. The fraction of sp³-hybridized carbons (Fsp3) is 0.333. The van der Waals surface area contributed by atoms with Gasteiger partial charge in [-0.15, -0.1) is 6.58 Å². The molecule has 1 atom stereocenters. The minimum absolute atomic E-state index is 0.168. The maximum Gasteiger partial charge on any atom is 0.194 e. The van der Waals surface area contributed by atoms with Crippen LogP contribution < -0.4 is 11.1 Å². The molecule has 1 unspecified atom stereocenters. The lowest BCUT2D eigenvalue weighted by Crippen LogP contribution is -2.29. The predicted molar refractivity (Wildman–Crippen MR) is 60.9 cm³/mol. The zero-order valence-electron chi connectivity index (χ0n) is 9.35. The smallest absolute Gasteiger partial charge is 0.194 e. The van der Waals surface area contributed by atoms with Gasteiger partial charge in [-0.2, -0.15) is 0 Å². The third-order valence-corrected chi connectivity index (χ3v) is 2.38. The van der Waals surface area contributed by atoms with Crippen molar-refractivity contribution in [2.24, 2.45) is 5.73 Å². The van der Waals surface area contributed by atoms with E-state index in [1.54, 1.807) is 6.08 Å². The first-order chi connectivity index (χ1) is 8.10. The predicted octanol–water partition coefficient (Wildman–Crippen LogP) is 2.27. The van der Waals surface area contributed by atoms with Crippen molar-refractivity contribution in [3.05, 3.63) is 47.8 Å². The summed E-state index contributed by atoms with van der Waals surface area (Å²) in [6, 6.07) is 1.51. The van der Waals surface area contributed by atoms with Gasteiger partial charge in [0.15, 0.2) is 17.5 Å². The lowest BCUT2D eigenvalue weighted by atomic mass is 10.1. The minimum atomic E-state index is -1.46. The summed E-state index contributed by atoms with van der Waals surface area (Å²) in [6.45, 7) is 4.31. The first-order valence-electron chi connectivity index (χ1n) is 5.29. The van der Waals surface area contributed by atoms with E-state index in [1.165, 1.54) is 0 Å². The van der Waals surface area contributed by atoms with E-state index in [1.807, 2.05) is 0 Å². The number of halogens is 3. The molecule has 1 aromatic carbocycles. The summed E-state index contributed by atoms with van der Waals surface area (Å²) in [5.74, 6) is -3.87. The number of rotatable bonds is 6. The van der Waals surface area contributed by atoms with Gasteiger partial charge in [-0.25, -0.2) is 13.2 Å². The van der Waals surface area contributed by atoms with Crippen LogP contribution in [0.2, 0.25) is 0 Å². The average Bonchev–Trinajstić information content (AvgIpc) is 2.31. The van der Waals surface area contributed by atoms with E-state index in [0.29, 0.717) is 18.5 Å². The largest absolute Gasteiger partial charge is 0.329 e. The van der Waals surface area contributed by atoms with Gasteiger partial charge >= 0.3 is 0 Å². The molecule has 94 valence electrons. The number of hydrogen-bond donors (Lipinski definition) is 2. The van der Waals surface area contributed by atoms with Crippen molar-refractivity contribution >= 4 is 0 Å². The monoisotopic (exact) mass is 244 g/mol. The molecule has 0 heterocycles. The number of nitrogens with one attached hydrogen (secondary N) is 1. The van der Waals surface area contributed by atoms with Gasteiger partial charge in [-0.3, -0.25) is 0 Å². The highest BCUT2D eigenvalue weighted by molar-refractivity contribution is 5.23. The number of hydrogen-bond acceptors (Lipinski definition) is 2. The van der Waals surface area contributed by atoms with Gasteiger partial charge in [0, 0.05) is 12.6 Å². The average molecular weight is 244 g/mol. The molecule has 1 aromatic rings. The molecule has 0 aliphatic carbocycles. The van der Waals surface area contributed by atoms with Crippen LogP contribution in [0.4, 0.5) is 13.2 Å². The molecular weight excluding hydrogens is 229 g/mol. The Morgan fingerprint density at radius 1 is 1.29 bits per heavy atom. The first kappa shape index (κ1) is 13.7. The third kappa shape index (κ3) is 3.57. The highest BCUT2D eigenvalue weighted by atomic mass is 19.2. The fourth-order valence-electron chi connectivity index (χ4n) is 1.47. The van der Waals surface area contributed by atoms with Crippen LogP contribution in [0.3, 0.4) is 0 Å². The summed E-state index contributed by atoms with van der Waals surface area (Å²) in [5, 5.41) is 3.01. The van der Waals surface area contributed by atoms with Crippen LogP contribution in [-0.2, 0) is 0 Å². The molecule has 0 saturated carbocycles. The van der Waals surface area contributed by atoms with Gasteiger partial charge in [-0.1, -0.05) is 6.08 Å². The highest BCUT2D eigenvalue weighted by Gasteiger charge is 2.15. The molecule has 0 fully saturated rings. The Bertz CT molecular complexity index is 370. The standard InChI is InChI=1S/C12H15F3N2/c1-2-3-4-17-11(7-16)8-5-9(13)12(15)10(14)6-8/h2,5-6,11,17H,1,3-4,7,16H2. The van der Waals surface area contributed by atoms with E-state index in [9.17, 15) is 13.2 Å². The molecule has 0 aliphatic rings. The van der Waals surface area contributed by atoms with E-state index in [-0.39, 0.29) is 6.54 Å². The third-order valence-electron chi connectivity index (χ3n) is 2.38. The van der Waals surface area contributed by atoms with Gasteiger partial charge in [-0.05, 0) is 30.7 Å². The second-order valence-corrected chi connectivity index (χ2v) is 3.62. The molecule has 2 nitrogen and oxygen atoms in total. The number of benzene rings is 1. The zero-order chi connectivity index (χ0) is 12.8. The van der Waals surface area contributed by atoms with E-state index in [2.05, 4.69) is 11.9 Å². The minimum Gasteiger partial charge on any atom is -0.329 e. The van der Waals surface area contributed by atoms with E-state index in [4.69, 9.17) is 5.73 Å². The maximum atomic E-state index is 13.0. The molecule has 0 aromatic heterocycles. The Balaban J connectivity index is 2.84. The molecule has 0 bridgehead atoms. The van der Waals surface area contributed by atoms with Crippen molar-refractivity contribution in [2.75, 3.05) is 13.1 Å². The first-order valence-corrected chi connectivity index (χ1v) is 5.29. The Morgan fingerprint density at radius 2 is 1.88 bits per heavy atom. The second kappa shape index (κ2) is 6.42. The van der Waals surface area contributed by atoms with Crippen molar-refractivity contribution in [1.29, 1.82) is 0 Å². The molecule has 1 rings (SSSR count). The Morgan fingerprint density at radius 3 is 2.35 bits per heavy atom. The summed E-state index contributed by atoms with van der Waals surface area (Å²) >= 11 is 0. The van der Waals surface area contributed by atoms with E-state index in [0.717, 1.165) is 12.1 Å². The van der Waals surface area contributed by atoms with Crippen LogP contribution in [0, 0.1) is 17.5 Å². The molecule has 0 spiro atoms. The van der Waals surface area contributed by atoms with Crippen LogP contribution in [-0.4, -0.2) is 13.1 Å². The van der Waals surface area contributed by atoms with Gasteiger partial charge in [0.1, 0.15) is 0 Å². The normalized spacial score (nSPS) is 12.5. The van der Waals surface area contributed by atoms with Crippen molar-refractivity contribution < 1.29 is 13.2 Å². The van der Waals surface area contributed by atoms with Crippen LogP contribution in [0.25, 0.3) is 0 Å². The van der Waals surface area contributed by atoms with Gasteiger partial charge in [0.2, 0.25) is 0 Å². The molecule has 3 N–H and O–H groups in total. The van der Waals surface area contributed by atoms with Crippen molar-refractivity contribution in [2.45, 2.75) is 12.5 Å². The summed E-state index contributed by atoms with van der Waals surface area (Å²) in [5.41, 5.74) is 5.80. The quantitative estimate of drug-likeness (QED) is 0.457. The van der Waals surface area contributed by atoms with E-state index >= 15 is 0 Å². The molecule has 5 heteroatoms. The lowest BCUT2D eigenvalue weighted by Gasteiger charge is -2.17. The second-order valence-electron chi connectivity index (χ2n) is 3.62. The molecular formula is C12H15F3N2. The maximum absolute atomic E-state index is 13.0. The van der Waals surface area contributed by atoms with E-state index < -0.39 is 23.5 Å². The lowest BCUT2D eigenvalue weighted by molar-refractivity contribution is 0.440. The Labute approximate surface area is 98.3 Å². The Hall–Kier alpha value is -1.33. The summed E-state index contributed by atoms with van der Waals surface area (Å²) in [6.07, 6.45) is 2.43. The topological polar surface area (TPSA) is 38.0 Å². The summed E-state index contributed by atoms with van der Waals surface area (Å²) in [7, 11) is 0. The highest BCUT2D eigenvalue weighted by Crippen LogP contribution is 2.18. The van der Waals surface area contributed by atoms with Crippen LogP contribution in [0.15, 0.2) is 24.8 Å². The molecule has 0 aliphatic heterocycles. The molecule has 0 amide bonds. The van der Waals surface area contributed by atoms with Crippen molar-refractivity contribution in [3.63, 3.8) is 0 Å². The zero-order valence-corrected chi connectivity index (χ0v) is 9.35. The van der Waals surface area contributed by atoms with Gasteiger partial charge in [0.25, 0.3) is 0 Å². The van der Waals surface area contributed by atoms with Gasteiger partial charge in [0.05, 0.1) is 0 Å². The number of nitrogens with two attached hydrogens (primary N) is 1. The Kier molecular flexibility index (Phi) is 5.18. The molecule has 17 heavy (non-hydrogen) atoms. The van der Waals surface area contributed by atoms with Crippen LogP contribution in [0.1, 0.15) is 18.0 Å². The van der Waals surface area contributed by atoms with Crippen LogP contribution in [0.5, 0.6) is 0 Å². The van der Waals surface area contributed by atoms with Crippen LogP contribution >= 0.6 is 0 Å². The molecule has 0 saturated heterocycles.